The standard InChI is InChI=1S/C64H64N14O20S5/c1-24(51(65)82)66-52(83)33-21-102-60(71-33)45-38(80)13-29-44(73-45)32-19-100-58(68-32)31-17-95-62(88)47-30-16-93-48(49(98-40-14-64(5,90)50(77(6)7)27(4)97-40)63(89)94-15-28-11-10-12-37(41(28)30)78(47)96-18-39(81)92-9)46(61-72-34(22-103-61)53(84)67-31)76-55(86)36-23-101-59(70-36)43(26(3)91-8)75-56(87)42(25(2)79)74-54(85)35-20-99-57(29)69-35/h10-13,19-23,25,27,31,40,42,46,48-50,79-80,90H,1,14-18H2,2-9H3,(H2,65,82)(H,66,83)(H,67,84)(H,74,85)(H,75,87)(H,76,86). The number of hydrogen-bond acceptors (Lipinski definition) is 32. The van der Waals surface area contributed by atoms with Crippen LogP contribution in [-0.2, 0) is 65.5 Å². The molecular weight excluding hydrogens is 1450 g/mol. The van der Waals surface area contributed by atoms with Gasteiger partial charge in [-0.15, -0.1) is 56.7 Å². The zero-order chi connectivity index (χ0) is 73.6. The lowest BCUT2D eigenvalue weighted by Gasteiger charge is -2.48. The van der Waals surface area contributed by atoms with E-state index >= 15 is 19.2 Å². The SMILES string of the molecule is C=C(NC(=O)c1csc(-c2nc3c(cc2O)-c2nc(cs2)C(=O)NC(C(C)O)C(=O)NC(=C(C)OC)c2nc(cs2)C(=O)NC2c4nc(cs4)C(=O)NC(COC(=O)c4c5c6c(cccc6n4OCC(=O)OC)COC(=O)C(OC4CC(C)(O)C(N(C)C)C(C)O4)C2OC5)c2nc-3cs2)n1)C(N)=O. The van der Waals surface area contributed by atoms with Crippen molar-refractivity contribution in [2.24, 2.45) is 5.73 Å². The van der Waals surface area contributed by atoms with Crippen LogP contribution in [0.5, 0.6) is 5.75 Å². The highest BCUT2D eigenvalue weighted by Gasteiger charge is 2.50. The van der Waals surface area contributed by atoms with Crippen LogP contribution in [0.3, 0.4) is 0 Å². The lowest BCUT2D eigenvalue weighted by molar-refractivity contribution is -0.280. The number of aliphatic hydroxyl groups excluding tert-OH is 1. The Labute approximate surface area is 603 Å². The Hall–Kier alpha value is -10.1. The number of allylic oxidation sites excluding steroid dienone is 1. The zero-order valence-electron chi connectivity index (χ0n) is 55.6. The van der Waals surface area contributed by atoms with Gasteiger partial charge in [0.2, 0.25) is 12.5 Å². The second-order valence-corrected chi connectivity index (χ2v) is 28.5. The molecule has 12 bridgehead atoms. The molecule has 1 aromatic carbocycles. The third kappa shape index (κ3) is 14.8. The first kappa shape index (κ1) is 72.7. The van der Waals surface area contributed by atoms with Gasteiger partial charge in [-0.2, -0.15) is 4.73 Å². The van der Waals surface area contributed by atoms with Gasteiger partial charge in [0.05, 0.1) is 55.9 Å². The molecular formula is C64H64N14O20S5. The summed E-state index contributed by atoms with van der Waals surface area (Å²) in [6, 6.07) is 0.589. The molecule has 10 N–H and O–H groups in total. The van der Waals surface area contributed by atoms with Crippen LogP contribution in [0.2, 0.25) is 0 Å². The molecule has 1 fully saturated rings. The lowest BCUT2D eigenvalue weighted by atomic mass is 9.85. The molecule has 12 rings (SSSR count). The van der Waals surface area contributed by atoms with E-state index in [1.165, 1.54) is 53.9 Å². The van der Waals surface area contributed by atoms with Crippen LogP contribution in [0.15, 0.2) is 69.2 Å². The van der Waals surface area contributed by atoms with Crippen molar-refractivity contribution in [1.29, 1.82) is 0 Å². The molecule has 540 valence electrons. The summed E-state index contributed by atoms with van der Waals surface area (Å²) in [5, 5.41) is 55.3. The van der Waals surface area contributed by atoms with Crippen molar-refractivity contribution < 1.29 is 96.5 Å². The molecule has 34 nitrogen and oxygen atoms in total. The fourth-order valence-electron chi connectivity index (χ4n) is 12.0. The molecule has 8 aromatic rings. The van der Waals surface area contributed by atoms with Crippen LogP contribution < -0.4 is 37.2 Å². The highest BCUT2D eigenvalue weighted by Crippen LogP contribution is 2.43. The summed E-state index contributed by atoms with van der Waals surface area (Å²) in [6.45, 7) is 6.80. The Balaban J connectivity index is 1.06. The number of nitrogens with zero attached hydrogens (tertiary/aromatic N) is 8. The maximum absolute atomic E-state index is 15.5. The first-order valence-corrected chi connectivity index (χ1v) is 35.5. The highest BCUT2D eigenvalue weighted by molar-refractivity contribution is 7.14. The van der Waals surface area contributed by atoms with Crippen LogP contribution in [0.25, 0.3) is 49.3 Å². The molecule has 1 saturated heterocycles. The maximum atomic E-state index is 15.5. The van der Waals surface area contributed by atoms with Gasteiger partial charge in [0.1, 0.15) is 120 Å². The normalized spacial score (nSPS) is 23.3. The highest BCUT2D eigenvalue weighted by atomic mass is 32.1. The number of primary amides is 1. The summed E-state index contributed by atoms with van der Waals surface area (Å²) in [5.41, 5.74) is 2.01. The number of nitrogens with two attached hydrogens (primary N) is 1. The predicted octanol–water partition coefficient (Wildman–Crippen LogP) is 3.26. The summed E-state index contributed by atoms with van der Waals surface area (Å²) in [7, 11) is 5.94. The largest absolute Gasteiger partial charge is 0.506 e. The van der Waals surface area contributed by atoms with Crippen molar-refractivity contribution in [2.75, 3.05) is 41.5 Å². The van der Waals surface area contributed by atoms with E-state index in [-0.39, 0.29) is 116 Å². The van der Waals surface area contributed by atoms with Gasteiger partial charge < -0.3 is 90.5 Å². The van der Waals surface area contributed by atoms with Crippen molar-refractivity contribution in [2.45, 2.75) is 108 Å². The molecule has 4 aliphatic heterocycles. The van der Waals surface area contributed by atoms with E-state index in [2.05, 4.69) is 48.1 Å². The van der Waals surface area contributed by atoms with Crippen LogP contribution in [0, 0.1) is 0 Å². The molecule has 10 atom stereocenters. The Morgan fingerprint density at radius 3 is 2.22 bits per heavy atom. The molecule has 0 radical (unpaired) electrons. The fraction of sp³-hybridized carbons (Fsp3) is 0.359. The summed E-state index contributed by atoms with van der Waals surface area (Å²) in [4.78, 5) is 164. The van der Waals surface area contributed by atoms with E-state index in [0.717, 1.165) is 68.5 Å². The van der Waals surface area contributed by atoms with E-state index in [0.29, 0.717) is 0 Å². The number of rotatable bonds is 12. The Bertz CT molecular complexity index is 4780. The molecule has 10 unspecified atom stereocenters. The molecule has 103 heavy (non-hydrogen) atoms. The number of carbonyl (C=O) groups is 9. The number of aromatic hydroxyl groups is 1. The smallest absolute Gasteiger partial charge is 0.358 e. The first-order chi connectivity index (χ1) is 49.1. The number of thiazole rings is 5. The Morgan fingerprint density at radius 2 is 1.51 bits per heavy atom. The number of aromatic nitrogens is 7. The second-order valence-electron chi connectivity index (χ2n) is 24.2. The van der Waals surface area contributed by atoms with Gasteiger partial charge in [-0.25, -0.2) is 44.3 Å². The summed E-state index contributed by atoms with van der Waals surface area (Å²) in [5.74, 6) is -9.26. The second kappa shape index (κ2) is 29.7. The molecule has 39 heteroatoms. The van der Waals surface area contributed by atoms with E-state index in [1.807, 2.05) is 0 Å². The van der Waals surface area contributed by atoms with Crippen molar-refractivity contribution in [3.63, 3.8) is 0 Å². The number of ether oxygens (including phenoxy) is 7. The van der Waals surface area contributed by atoms with Crippen LogP contribution >= 0.6 is 56.7 Å². The maximum Gasteiger partial charge on any atom is 0.358 e. The van der Waals surface area contributed by atoms with Gasteiger partial charge in [0.25, 0.3) is 29.5 Å². The van der Waals surface area contributed by atoms with Gasteiger partial charge in [0, 0.05) is 49.8 Å². The molecule has 6 amide bonds. The molecule has 11 heterocycles. The predicted molar refractivity (Wildman–Crippen MR) is 366 cm³/mol. The first-order valence-electron chi connectivity index (χ1n) is 31.1. The minimum absolute atomic E-state index is 0.0206. The summed E-state index contributed by atoms with van der Waals surface area (Å²) >= 11 is 4.41. The molecule has 4 aliphatic rings. The fourth-order valence-corrected chi connectivity index (χ4v) is 16.2. The van der Waals surface area contributed by atoms with Crippen molar-refractivity contribution in [1.82, 2.24) is 66.1 Å². The number of esters is 3. The number of pyridine rings is 1. The number of carbonyl (C=O) groups excluding carboxylic acids is 9. The average molecular weight is 1510 g/mol. The zero-order valence-corrected chi connectivity index (χ0v) is 59.7. The number of benzene rings is 1. The number of amides is 6. The van der Waals surface area contributed by atoms with Crippen LogP contribution in [-0.4, -0.2) is 198 Å². The topological polar surface area (TPSA) is 460 Å². The van der Waals surface area contributed by atoms with Crippen molar-refractivity contribution >= 4 is 127 Å². The van der Waals surface area contributed by atoms with Gasteiger partial charge in [-0.05, 0) is 59.5 Å². The third-order valence-electron chi connectivity index (χ3n) is 16.8. The van der Waals surface area contributed by atoms with E-state index in [9.17, 15) is 39.3 Å². The molecule has 0 aliphatic carbocycles. The monoisotopic (exact) mass is 1510 g/mol. The Kier molecular flexibility index (Phi) is 21.0. The van der Waals surface area contributed by atoms with Crippen LogP contribution in [0.1, 0.15) is 125 Å². The van der Waals surface area contributed by atoms with E-state index in [4.69, 9.17) is 58.7 Å². The number of fused-ring (bicyclic) bond motifs is 15. The summed E-state index contributed by atoms with van der Waals surface area (Å²) < 4.78 is 44.0. The third-order valence-corrected chi connectivity index (χ3v) is 21.3. The lowest BCUT2D eigenvalue weighted by Crippen LogP contribution is -2.62. The average Bonchev–Trinajstić information content (AvgIpc) is 1.62. The van der Waals surface area contributed by atoms with Gasteiger partial charge in [-0.3, -0.25) is 28.8 Å². The number of aliphatic hydroxyl groups is 2. The van der Waals surface area contributed by atoms with Gasteiger partial charge >= 0.3 is 17.9 Å². The quantitative estimate of drug-likeness (QED) is 0.0367. The van der Waals surface area contributed by atoms with Crippen LogP contribution in [0.4, 0.5) is 0 Å². The van der Waals surface area contributed by atoms with Gasteiger partial charge in [0.15, 0.2) is 18.1 Å². The number of methoxy groups -OCH3 is 2. The van der Waals surface area contributed by atoms with E-state index in [1.54, 1.807) is 51.0 Å². The number of cyclic esters (lactones) is 2. The van der Waals surface area contributed by atoms with E-state index < -0.39 is 152 Å². The Morgan fingerprint density at radius 1 is 0.845 bits per heavy atom. The molecule has 0 spiro atoms. The molecule has 7 aromatic heterocycles. The minimum Gasteiger partial charge on any atom is -0.506 e. The van der Waals surface area contributed by atoms with Crippen molar-refractivity contribution in [3.05, 3.63) is 124 Å². The van der Waals surface area contributed by atoms with Gasteiger partial charge in [-0.1, -0.05) is 18.7 Å². The number of hydrogen-bond donors (Lipinski definition) is 9. The van der Waals surface area contributed by atoms with Crippen molar-refractivity contribution in [3.8, 4) is 38.4 Å². The molecule has 0 saturated carbocycles. The number of likely N-dealkylation sites (N-methyl/N-ethyl adjacent to an activating group) is 1. The summed E-state index contributed by atoms with van der Waals surface area (Å²) in [6.07, 6.45) is -7.72. The minimum atomic E-state index is -1.95. The number of nitrogens with one attached hydrogen (secondary N) is 5.